The van der Waals surface area contributed by atoms with Crippen molar-refractivity contribution in [2.45, 2.75) is 26.5 Å². The first kappa shape index (κ1) is 20.2. The lowest BCUT2D eigenvalue weighted by Crippen LogP contribution is -2.38. The lowest BCUT2D eigenvalue weighted by molar-refractivity contribution is -0.0328. The van der Waals surface area contributed by atoms with Crippen molar-refractivity contribution in [2.75, 3.05) is 26.7 Å². The van der Waals surface area contributed by atoms with Gasteiger partial charge in [-0.05, 0) is 43.0 Å². The number of morpholine rings is 1. The fourth-order valence-corrected chi connectivity index (χ4v) is 5.61. The van der Waals surface area contributed by atoms with Gasteiger partial charge in [-0.3, -0.25) is 9.69 Å². The Balaban J connectivity index is 1.47. The molecule has 0 bridgehead atoms. The van der Waals surface area contributed by atoms with E-state index in [1.54, 1.807) is 7.05 Å². The van der Waals surface area contributed by atoms with Crippen molar-refractivity contribution in [1.82, 2.24) is 19.6 Å². The van der Waals surface area contributed by atoms with Gasteiger partial charge in [-0.1, -0.05) is 18.2 Å². The van der Waals surface area contributed by atoms with Gasteiger partial charge in [0.25, 0.3) is 5.91 Å². The Morgan fingerprint density at radius 1 is 1.29 bits per heavy atom. The van der Waals surface area contributed by atoms with Gasteiger partial charge in [-0.15, -0.1) is 11.3 Å². The molecular formula is C24H26N4O2S. The summed E-state index contributed by atoms with van der Waals surface area (Å²) in [6.07, 6.45) is 1.97. The van der Waals surface area contributed by atoms with Gasteiger partial charge in [-0.2, -0.15) is 0 Å². The second kappa shape index (κ2) is 8.07. The zero-order valence-corrected chi connectivity index (χ0v) is 18.8. The molecule has 7 heteroatoms. The molecule has 160 valence electrons. The lowest BCUT2D eigenvalue weighted by atomic mass is 10.0. The monoisotopic (exact) mass is 434 g/mol. The maximum Gasteiger partial charge on any atom is 0.261 e. The number of thiophene rings is 1. The summed E-state index contributed by atoms with van der Waals surface area (Å²) in [5.41, 5.74) is 5.47. The molecule has 0 aliphatic carbocycles. The highest BCUT2D eigenvalue weighted by Gasteiger charge is 2.30. The molecule has 1 unspecified atom stereocenters. The van der Waals surface area contributed by atoms with Crippen LogP contribution >= 0.6 is 11.3 Å². The van der Waals surface area contributed by atoms with Gasteiger partial charge in [0, 0.05) is 43.1 Å². The Bertz CT molecular complexity index is 1280. The van der Waals surface area contributed by atoms with Crippen LogP contribution in [0, 0.1) is 13.8 Å². The van der Waals surface area contributed by atoms with E-state index in [0.29, 0.717) is 6.61 Å². The van der Waals surface area contributed by atoms with Crippen molar-refractivity contribution in [3.8, 4) is 0 Å². The van der Waals surface area contributed by atoms with Crippen molar-refractivity contribution < 1.29 is 9.53 Å². The molecule has 31 heavy (non-hydrogen) atoms. The van der Waals surface area contributed by atoms with E-state index in [0.717, 1.165) is 51.5 Å². The van der Waals surface area contributed by atoms with E-state index in [2.05, 4.69) is 58.9 Å². The number of fused-ring (bicyclic) bond motifs is 2. The molecule has 1 N–H and O–H groups in total. The van der Waals surface area contributed by atoms with Crippen molar-refractivity contribution in [3.63, 3.8) is 0 Å². The number of nitrogens with one attached hydrogen (secondary N) is 1. The number of ether oxygens (including phenoxy) is 1. The summed E-state index contributed by atoms with van der Waals surface area (Å²) in [5, 5.41) is 3.90. The highest BCUT2D eigenvalue weighted by atomic mass is 32.1. The number of hydrogen-bond acceptors (Lipinski definition) is 5. The van der Waals surface area contributed by atoms with Gasteiger partial charge < -0.3 is 14.5 Å². The number of aryl methyl sites for hydroxylation is 2. The first-order valence-corrected chi connectivity index (χ1v) is 11.4. The molecule has 1 atom stereocenters. The quantitative estimate of drug-likeness (QED) is 0.525. The molecule has 1 aromatic carbocycles. The summed E-state index contributed by atoms with van der Waals surface area (Å²) in [5.74, 6) is -0.0510. The molecule has 0 saturated carbocycles. The van der Waals surface area contributed by atoms with E-state index >= 15 is 0 Å². The number of imidazole rings is 1. The average Bonchev–Trinajstić information content (AvgIpc) is 3.31. The fraction of sp³-hybridized carbons (Fsp3) is 0.333. The fourth-order valence-electron chi connectivity index (χ4n) is 4.41. The molecule has 1 amide bonds. The molecule has 1 fully saturated rings. The number of carbonyl (C=O) groups is 1. The van der Waals surface area contributed by atoms with Crippen LogP contribution in [0.4, 0.5) is 0 Å². The van der Waals surface area contributed by atoms with E-state index in [1.165, 1.54) is 22.6 Å². The normalized spacial score (nSPS) is 17.5. The van der Waals surface area contributed by atoms with Crippen LogP contribution in [0.3, 0.4) is 0 Å². The molecule has 1 saturated heterocycles. The Labute approximate surface area is 185 Å². The molecule has 4 aromatic rings. The van der Waals surface area contributed by atoms with Crippen LogP contribution < -0.4 is 5.32 Å². The molecule has 3 aromatic heterocycles. The van der Waals surface area contributed by atoms with E-state index in [1.807, 2.05) is 12.1 Å². The minimum atomic E-state index is -0.140. The van der Waals surface area contributed by atoms with E-state index in [4.69, 9.17) is 9.72 Å². The molecule has 4 heterocycles. The Morgan fingerprint density at radius 3 is 2.97 bits per heavy atom. The first-order valence-electron chi connectivity index (χ1n) is 10.6. The third-order valence-electron chi connectivity index (χ3n) is 5.99. The minimum Gasteiger partial charge on any atom is -0.371 e. The third kappa shape index (κ3) is 3.63. The predicted molar refractivity (Wildman–Crippen MR) is 124 cm³/mol. The van der Waals surface area contributed by atoms with Gasteiger partial charge in [0.1, 0.15) is 5.65 Å². The zero-order chi connectivity index (χ0) is 21.5. The Hall–Kier alpha value is -2.74. The van der Waals surface area contributed by atoms with Crippen LogP contribution in [-0.2, 0) is 11.3 Å². The zero-order valence-electron chi connectivity index (χ0n) is 18.0. The SMILES string of the molecule is CNC(=O)c1sc2ccccc2c1C1CN(Cc2c(C)nc3cc(C)ccn23)CCO1. The smallest absolute Gasteiger partial charge is 0.261 e. The summed E-state index contributed by atoms with van der Waals surface area (Å²) in [6, 6.07) is 12.4. The van der Waals surface area contributed by atoms with Crippen molar-refractivity contribution in [2.24, 2.45) is 0 Å². The van der Waals surface area contributed by atoms with Gasteiger partial charge in [0.15, 0.2) is 0 Å². The van der Waals surface area contributed by atoms with Crippen LogP contribution in [0.25, 0.3) is 15.7 Å². The molecule has 6 nitrogen and oxygen atoms in total. The molecule has 1 aliphatic heterocycles. The topological polar surface area (TPSA) is 58.9 Å². The number of nitrogens with zero attached hydrogens (tertiary/aromatic N) is 3. The van der Waals surface area contributed by atoms with Crippen molar-refractivity contribution >= 4 is 33.0 Å². The van der Waals surface area contributed by atoms with E-state index in [-0.39, 0.29) is 12.0 Å². The number of aromatic nitrogens is 2. The molecule has 5 rings (SSSR count). The highest BCUT2D eigenvalue weighted by molar-refractivity contribution is 7.21. The van der Waals surface area contributed by atoms with Gasteiger partial charge in [0.05, 0.1) is 29.0 Å². The Kier molecular flexibility index (Phi) is 5.25. The summed E-state index contributed by atoms with van der Waals surface area (Å²) >= 11 is 1.54. The number of benzene rings is 1. The van der Waals surface area contributed by atoms with Crippen molar-refractivity contribution in [3.05, 3.63) is 70.0 Å². The molecule has 1 aliphatic rings. The van der Waals surface area contributed by atoms with Gasteiger partial charge in [0.2, 0.25) is 0 Å². The molecule has 0 spiro atoms. The summed E-state index contributed by atoms with van der Waals surface area (Å²) in [7, 11) is 1.68. The van der Waals surface area contributed by atoms with Crippen molar-refractivity contribution in [1.29, 1.82) is 0 Å². The van der Waals surface area contributed by atoms with E-state index in [9.17, 15) is 4.79 Å². The maximum atomic E-state index is 12.6. The Morgan fingerprint density at radius 2 is 2.13 bits per heavy atom. The maximum absolute atomic E-state index is 12.6. The summed E-state index contributed by atoms with van der Waals surface area (Å²) in [4.78, 5) is 20.5. The van der Waals surface area contributed by atoms with Crippen LogP contribution in [0.1, 0.15) is 38.3 Å². The standard InChI is InChI=1S/C24H26N4O2S/c1-15-8-9-28-18(16(2)26-21(28)12-15)13-27-10-11-30-19(14-27)22-17-6-4-5-7-20(17)31-23(22)24(29)25-3/h4-9,12,19H,10-11,13-14H2,1-3H3,(H,25,29). The average molecular weight is 435 g/mol. The van der Waals surface area contributed by atoms with Crippen LogP contribution in [0.15, 0.2) is 42.6 Å². The second-order valence-corrected chi connectivity index (χ2v) is 9.14. The minimum absolute atomic E-state index is 0.0510. The summed E-state index contributed by atoms with van der Waals surface area (Å²) in [6.45, 7) is 7.19. The van der Waals surface area contributed by atoms with Gasteiger partial charge in [-0.25, -0.2) is 4.98 Å². The summed E-state index contributed by atoms with van der Waals surface area (Å²) < 4.78 is 9.51. The van der Waals surface area contributed by atoms with Crippen LogP contribution in [-0.4, -0.2) is 46.9 Å². The second-order valence-electron chi connectivity index (χ2n) is 8.09. The molecular weight excluding hydrogens is 408 g/mol. The lowest BCUT2D eigenvalue weighted by Gasteiger charge is -2.33. The number of carbonyl (C=O) groups excluding carboxylic acids is 1. The van der Waals surface area contributed by atoms with Crippen LogP contribution in [0.2, 0.25) is 0 Å². The third-order valence-corrected chi connectivity index (χ3v) is 7.18. The predicted octanol–water partition coefficient (Wildman–Crippen LogP) is 4.10. The number of amides is 1. The number of hydrogen-bond donors (Lipinski definition) is 1. The largest absolute Gasteiger partial charge is 0.371 e. The number of pyridine rings is 1. The number of rotatable bonds is 4. The first-order chi connectivity index (χ1) is 15.0. The van der Waals surface area contributed by atoms with E-state index < -0.39 is 0 Å². The highest BCUT2D eigenvalue weighted by Crippen LogP contribution is 2.38. The van der Waals surface area contributed by atoms with Gasteiger partial charge >= 0.3 is 0 Å². The van der Waals surface area contributed by atoms with Crippen LogP contribution in [0.5, 0.6) is 0 Å². The molecule has 0 radical (unpaired) electrons.